The van der Waals surface area contributed by atoms with Crippen molar-refractivity contribution in [3.63, 3.8) is 0 Å². The first-order valence-corrected chi connectivity index (χ1v) is 18.6. The van der Waals surface area contributed by atoms with E-state index in [0.29, 0.717) is 0 Å². The molecule has 0 N–H and O–H groups in total. The van der Waals surface area contributed by atoms with E-state index in [1.54, 1.807) is 0 Å². The zero-order chi connectivity index (χ0) is 35.8. The number of benzene rings is 4. The lowest BCUT2D eigenvalue weighted by Gasteiger charge is -2.44. The lowest BCUT2D eigenvalue weighted by molar-refractivity contribution is -0.755. The fourth-order valence-electron chi connectivity index (χ4n) is 9.67. The number of rotatable bonds is 5. The van der Waals surface area contributed by atoms with Crippen LogP contribution < -0.4 is 9.13 Å². The van der Waals surface area contributed by atoms with Gasteiger partial charge in [0.05, 0.1) is 0 Å². The largest absolute Gasteiger partial charge is 0.250 e. The van der Waals surface area contributed by atoms with Crippen molar-refractivity contribution >= 4 is 22.1 Å². The number of fused-ring (bicyclic) bond motifs is 4. The molecule has 6 aromatic rings. The minimum atomic E-state index is 0.0410. The summed E-state index contributed by atoms with van der Waals surface area (Å²) in [5.74, 6) is 0. The zero-order valence-electron chi connectivity index (χ0n) is 32.4. The molecule has 4 aromatic carbocycles. The molecule has 0 saturated carbocycles. The lowest BCUT2D eigenvalue weighted by atomic mass is 9.59. The van der Waals surface area contributed by atoms with E-state index < -0.39 is 0 Å². The van der Waals surface area contributed by atoms with E-state index >= 15 is 0 Å². The normalized spacial score (nSPS) is 20.3. The highest BCUT2D eigenvalue weighted by Gasteiger charge is 2.58. The smallest absolute Gasteiger partial charge is 0.225 e. The highest BCUT2D eigenvalue weighted by atomic mass is 15.2. The lowest BCUT2D eigenvalue weighted by Crippen LogP contribution is -2.44. The molecule has 2 aromatic heterocycles. The van der Waals surface area contributed by atoms with Crippen LogP contribution in [0.25, 0.3) is 33.4 Å². The highest BCUT2D eigenvalue weighted by molar-refractivity contribution is 5.80. The maximum Gasteiger partial charge on any atom is 0.250 e. The van der Waals surface area contributed by atoms with Crippen LogP contribution >= 0.6 is 0 Å². The van der Waals surface area contributed by atoms with Crippen LogP contribution in [0, 0.1) is 10.8 Å². The monoisotopic (exact) mass is 664 g/mol. The first kappa shape index (κ1) is 33.0. The Hall–Kier alpha value is -4.18. The van der Waals surface area contributed by atoms with Crippen LogP contribution in [-0.2, 0) is 34.7 Å². The molecule has 0 radical (unpaired) electrons. The van der Waals surface area contributed by atoms with Crippen molar-refractivity contribution in [1.29, 1.82) is 0 Å². The third kappa shape index (κ3) is 4.05. The average Bonchev–Trinajstić information content (AvgIpc) is 3.68. The summed E-state index contributed by atoms with van der Waals surface area (Å²) < 4.78 is 9.81. The van der Waals surface area contributed by atoms with Gasteiger partial charge in [-0.1, -0.05) is 119 Å². The third-order valence-electron chi connectivity index (χ3n) is 15.5. The summed E-state index contributed by atoms with van der Waals surface area (Å²) in [4.78, 5) is 0. The molecule has 0 atom stereocenters. The Morgan fingerprint density at radius 1 is 0.420 bits per heavy atom. The number of aryl methyl sites for hydroxylation is 2. The zero-order valence-corrected chi connectivity index (χ0v) is 32.4. The van der Waals surface area contributed by atoms with E-state index in [1.165, 1.54) is 55.7 Å². The second kappa shape index (κ2) is 10.2. The summed E-state index contributed by atoms with van der Waals surface area (Å²) in [6, 6.07) is 31.8. The van der Waals surface area contributed by atoms with E-state index in [0.717, 1.165) is 13.1 Å². The van der Waals surface area contributed by atoms with Gasteiger partial charge in [-0.15, -0.1) is 0 Å². The Balaban J connectivity index is 1.30. The molecule has 0 saturated heterocycles. The van der Waals surface area contributed by atoms with E-state index in [9.17, 15) is 0 Å². The molecule has 258 valence electrons. The van der Waals surface area contributed by atoms with Crippen LogP contribution in [-0.4, -0.2) is 9.13 Å². The molecule has 0 amide bonds. The van der Waals surface area contributed by atoms with E-state index in [2.05, 4.69) is 199 Å². The molecule has 2 aliphatic rings. The van der Waals surface area contributed by atoms with Crippen molar-refractivity contribution in [2.75, 3.05) is 0 Å². The van der Waals surface area contributed by atoms with Gasteiger partial charge in [-0.2, -0.15) is 9.13 Å². The number of aromatic nitrogens is 4. The van der Waals surface area contributed by atoms with Gasteiger partial charge >= 0.3 is 0 Å². The molecule has 50 heavy (non-hydrogen) atoms. The van der Waals surface area contributed by atoms with E-state index in [1.807, 2.05) is 0 Å². The SMILES string of the molecule is CC1(C)c2cc3c(cc2C(C)(C)C1(C)C)[n+](CC[n+]1cn(-c2ccccc2)c2cc4c(cc21)C(C)(C)C(C)(C)C4(C)C)cn3-c1ccccc1. The predicted octanol–water partition coefficient (Wildman–Crippen LogP) is 10.0. The minimum absolute atomic E-state index is 0.0410. The molecule has 4 nitrogen and oxygen atoms in total. The van der Waals surface area contributed by atoms with Gasteiger partial charge in [0, 0.05) is 0 Å². The van der Waals surface area contributed by atoms with Crippen LogP contribution in [0.5, 0.6) is 0 Å². The summed E-state index contributed by atoms with van der Waals surface area (Å²) in [7, 11) is 0. The number of para-hydroxylation sites is 2. The van der Waals surface area contributed by atoms with Gasteiger partial charge in [-0.25, -0.2) is 9.13 Å². The fourth-order valence-corrected chi connectivity index (χ4v) is 9.67. The molecule has 2 aliphatic carbocycles. The molecule has 4 heteroatoms. The van der Waals surface area contributed by atoms with Crippen LogP contribution in [0.4, 0.5) is 0 Å². The minimum Gasteiger partial charge on any atom is -0.225 e. The average molecular weight is 665 g/mol. The van der Waals surface area contributed by atoms with Gasteiger partial charge in [-0.05, 0) is 103 Å². The molecule has 0 bridgehead atoms. The van der Waals surface area contributed by atoms with Gasteiger partial charge in [0.15, 0.2) is 22.1 Å². The van der Waals surface area contributed by atoms with Gasteiger partial charge in [0.2, 0.25) is 12.7 Å². The summed E-state index contributed by atoms with van der Waals surface area (Å²) in [6.45, 7) is 31.1. The van der Waals surface area contributed by atoms with Crippen LogP contribution in [0.3, 0.4) is 0 Å². The van der Waals surface area contributed by atoms with Crippen molar-refractivity contribution in [2.45, 2.75) is 118 Å². The van der Waals surface area contributed by atoms with Crippen molar-refractivity contribution in [1.82, 2.24) is 9.13 Å². The van der Waals surface area contributed by atoms with Crippen LogP contribution in [0.2, 0.25) is 0 Å². The number of hydrogen-bond donors (Lipinski definition) is 0. The summed E-state index contributed by atoms with van der Waals surface area (Å²) in [5.41, 5.74) is 13.8. The maximum absolute atomic E-state index is 2.53. The first-order chi connectivity index (χ1) is 23.3. The van der Waals surface area contributed by atoms with Crippen molar-refractivity contribution in [3.05, 3.63) is 120 Å². The summed E-state index contributed by atoms with van der Waals surface area (Å²) in [5, 5.41) is 0. The Bertz CT molecular complexity index is 2140. The molecule has 2 heterocycles. The van der Waals surface area contributed by atoms with Gasteiger partial charge in [0.1, 0.15) is 24.5 Å². The summed E-state index contributed by atoms with van der Waals surface area (Å²) in [6.07, 6.45) is 4.67. The number of imidazole rings is 2. The van der Waals surface area contributed by atoms with Crippen LogP contribution in [0.1, 0.15) is 105 Å². The molecular weight excluding hydrogens is 609 g/mol. The third-order valence-corrected chi connectivity index (χ3v) is 15.5. The topological polar surface area (TPSA) is 17.6 Å². The molecule has 0 spiro atoms. The molecule has 0 unspecified atom stereocenters. The van der Waals surface area contributed by atoms with Crippen LogP contribution in [0.15, 0.2) is 97.6 Å². The van der Waals surface area contributed by atoms with Crippen molar-refractivity contribution in [3.8, 4) is 11.4 Å². The number of hydrogen-bond acceptors (Lipinski definition) is 0. The second-order valence-corrected chi connectivity index (χ2v) is 18.6. The second-order valence-electron chi connectivity index (χ2n) is 18.6. The molecular formula is C46H56N4+2. The fraction of sp³-hybridized carbons (Fsp3) is 0.435. The Labute approximate surface area is 299 Å². The first-order valence-electron chi connectivity index (χ1n) is 18.6. The molecule has 0 fully saturated rings. The van der Waals surface area contributed by atoms with E-state index in [4.69, 9.17) is 0 Å². The van der Waals surface area contributed by atoms with Gasteiger partial charge < -0.3 is 0 Å². The number of nitrogens with zero attached hydrogens (tertiary/aromatic N) is 4. The summed E-state index contributed by atoms with van der Waals surface area (Å²) >= 11 is 0. The highest BCUT2D eigenvalue weighted by Crippen LogP contribution is 2.63. The quantitative estimate of drug-likeness (QED) is 0.163. The van der Waals surface area contributed by atoms with Gasteiger partial charge in [-0.3, -0.25) is 0 Å². The Morgan fingerprint density at radius 2 is 0.720 bits per heavy atom. The maximum atomic E-state index is 2.53. The standard InChI is InChI=1S/C46H56N4/c1-41(2)33-25-37-39(27-35(33)43(5,6)45(41,9)10)49(31-19-15-13-16-20-31)29-47(37)23-24-48-30-50(32-21-17-14-18-22-32)40-28-36-34(26-38(40)48)42(3,4)46(11,12)44(36,7)8/h13-22,25-30H,23-24H2,1-12H3/q+2. The molecule has 0 aliphatic heterocycles. The predicted molar refractivity (Wildman–Crippen MR) is 207 cm³/mol. The van der Waals surface area contributed by atoms with Crippen molar-refractivity contribution < 1.29 is 9.13 Å². The Kier molecular flexibility index (Phi) is 6.74. The van der Waals surface area contributed by atoms with Gasteiger partial charge in [0.25, 0.3) is 0 Å². The van der Waals surface area contributed by atoms with Crippen molar-refractivity contribution in [2.24, 2.45) is 10.8 Å². The Morgan fingerprint density at radius 3 is 1.04 bits per heavy atom. The van der Waals surface area contributed by atoms with E-state index in [-0.39, 0.29) is 32.5 Å². The molecule has 8 rings (SSSR count).